The van der Waals surface area contributed by atoms with Crippen molar-refractivity contribution < 1.29 is 9.66 Å². The van der Waals surface area contributed by atoms with Crippen molar-refractivity contribution in [2.24, 2.45) is 5.92 Å². The van der Waals surface area contributed by atoms with Gasteiger partial charge >= 0.3 is 11.6 Å². The molecule has 3 heterocycles. The molecule has 0 bridgehead atoms. The van der Waals surface area contributed by atoms with Crippen LogP contribution in [0.15, 0.2) is 30.9 Å². The molecule has 2 aromatic heterocycles. The van der Waals surface area contributed by atoms with Crippen LogP contribution in [0.3, 0.4) is 0 Å². The minimum atomic E-state index is -0.486. The zero-order valence-electron chi connectivity index (χ0n) is 12.8. The van der Waals surface area contributed by atoms with E-state index in [0.29, 0.717) is 17.5 Å². The molecule has 1 fully saturated rings. The molecule has 120 valence electrons. The first kappa shape index (κ1) is 15.1. The van der Waals surface area contributed by atoms with E-state index in [1.54, 1.807) is 18.3 Å². The molecular weight excluding hydrogens is 298 g/mol. The van der Waals surface area contributed by atoms with Crippen LogP contribution in [0.4, 0.5) is 11.5 Å². The molecule has 2 aromatic rings. The summed E-state index contributed by atoms with van der Waals surface area (Å²) in [5.41, 5.74) is -0.203. The van der Waals surface area contributed by atoms with Crippen molar-refractivity contribution in [3.63, 3.8) is 0 Å². The van der Waals surface area contributed by atoms with E-state index in [2.05, 4.69) is 21.9 Å². The molecule has 0 aromatic carbocycles. The number of hydrogen-bond acceptors (Lipinski definition) is 7. The third kappa shape index (κ3) is 3.36. The monoisotopic (exact) mass is 315 g/mol. The molecule has 3 rings (SSSR count). The summed E-state index contributed by atoms with van der Waals surface area (Å²) in [6, 6.07) is 3.36. The first-order valence-corrected chi connectivity index (χ1v) is 7.47. The van der Waals surface area contributed by atoms with Gasteiger partial charge in [0.15, 0.2) is 0 Å². The molecule has 1 aliphatic heterocycles. The van der Waals surface area contributed by atoms with Crippen LogP contribution in [0, 0.1) is 16.0 Å². The second-order valence-electron chi connectivity index (χ2n) is 5.59. The molecule has 8 nitrogen and oxygen atoms in total. The molecule has 23 heavy (non-hydrogen) atoms. The van der Waals surface area contributed by atoms with Crippen molar-refractivity contribution in [3.05, 3.63) is 41.0 Å². The van der Waals surface area contributed by atoms with E-state index in [-0.39, 0.29) is 11.6 Å². The van der Waals surface area contributed by atoms with Crippen molar-refractivity contribution in [1.82, 2.24) is 15.0 Å². The minimum Gasteiger partial charge on any atom is -0.432 e. The SMILES string of the molecule is CC1CCCN(c2ncnc(Oc3cccnc3)c2[N+](=O)[O-])C1. The molecule has 1 unspecified atom stereocenters. The standard InChI is InChI=1S/C15H17N5O3/c1-11-4-3-7-19(9-11)14-13(20(21)22)15(18-10-17-14)23-12-5-2-6-16-8-12/h2,5-6,8,10-11H,3-4,7,9H2,1H3. The first-order chi connectivity index (χ1) is 11.1. The number of pyridine rings is 1. The van der Waals surface area contributed by atoms with Crippen LogP contribution in [0.25, 0.3) is 0 Å². The number of nitrogens with zero attached hydrogens (tertiary/aromatic N) is 5. The molecule has 0 saturated carbocycles. The number of hydrogen-bond donors (Lipinski definition) is 0. The molecule has 0 N–H and O–H groups in total. The quantitative estimate of drug-likeness (QED) is 0.632. The summed E-state index contributed by atoms with van der Waals surface area (Å²) in [6.45, 7) is 3.62. The van der Waals surface area contributed by atoms with Crippen LogP contribution in [0.1, 0.15) is 19.8 Å². The Kier molecular flexibility index (Phi) is 4.31. The predicted octanol–water partition coefficient (Wildman–Crippen LogP) is 2.81. The Morgan fingerprint density at radius 3 is 3.00 bits per heavy atom. The smallest absolute Gasteiger partial charge is 0.373 e. The van der Waals surface area contributed by atoms with Crippen LogP contribution in [0.5, 0.6) is 11.6 Å². The van der Waals surface area contributed by atoms with Crippen LogP contribution >= 0.6 is 0 Å². The summed E-state index contributed by atoms with van der Waals surface area (Å²) in [4.78, 5) is 25.0. The van der Waals surface area contributed by atoms with E-state index in [1.807, 2.05) is 4.90 Å². The highest BCUT2D eigenvalue weighted by atomic mass is 16.6. The van der Waals surface area contributed by atoms with Crippen LogP contribution in [-0.4, -0.2) is 33.0 Å². The summed E-state index contributed by atoms with van der Waals surface area (Å²) in [6.07, 6.45) is 6.49. The molecule has 0 amide bonds. The van der Waals surface area contributed by atoms with Gasteiger partial charge in [-0.05, 0) is 30.9 Å². The van der Waals surface area contributed by atoms with Gasteiger partial charge < -0.3 is 9.64 Å². The van der Waals surface area contributed by atoms with E-state index in [1.165, 1.54) is 12.5 Å². The predicted molar refractivity (Wildman–Crippen MR) is 83.6 cm³/mol. The van der Waals surface area contributed by atoms with Gasteiger partial charge in [0.25, 0.3) is 0 Å². The molecule has 8 heteroatoms. The lowest BCUT2D eigenvalue weighted by Gasteiger charge is -2.31. The van der Waals surface area contributed by atoms with Crippen molar-refractivity contribution in [1.29, 1.82) is 0 Å². The van der Waals surface area contributed by atoms with Crippen molar-refractivity contribution in [2.45, 2.75) is 19.8 Å². The summed E-state index contributed by atoms with van der Waals surface area (Å²) in [5.74, 6) is 1.12. The Balaban J connectivity index is 1.97. The van der Waals surface area contributed by atoms with E-state index >= 15 is 0 Å². The molecule has 0 radical (unpaired) electrons. The summed E-state index contributed by atoms with van der Waals surface area (Å²) < 4.78 is 5.55. The maximum absolute atomic E-state index is 11.6. The topological polar surface area (TPSA) is 94.3 Å². The number of piperidine rings is 1. The highest BCUT2D eigenvalue weighted by Crippen LogP contribution is 2.37. The molecule has 1 atom stereocenters. The minimum absolute atomic E-state index is 0.0637. The number of ether oxygens (including phenoxy) is 1. The number of aromatic nitrogens is 3. The van der Waals surface area contributed by atoms with Gasteiger partial charge in [0, 0.05) is 19.3 Å². The third-order valence-corrected chi connectivity index (χ3v) is 3.76. The molecule has 1 aliphatic rings. The van der Waals surface area contributed by atoms with Gasteiger partial charge in [-0.1, -0.05) is 6.92 Å². The van der Waals surface area contributed by atoms with E-state index < -0.39 is 4.92 Å². The van der Waals surface area contributed by atoms with Gasteiger partial charge in [0.2, 0.25) is 5.82 Å². The zero-order chi connectivity index (χ0) is 16.2. The average Bonchev–Trinajstić information content (AvgIpc) is 2.55. The fourth-order valence-electron chi connectivity index (χ4n) is 2.72. The molecule has 1 saturated heterocycles. The van der Waals surface area contributed by atoms with Gasteiger partial charge in [0.1, 0.15) is 12.1 Å². The highest BCUT2D eigenvalue weighted by molar-refractivity contribution is 5.63. The van der Waals surface area contributed by atoms with Gasteiger partial charge in [-0.15, -0.1) is 0 Å². The number of nitro groups is 1. The molecule has 0 spiro atoms. The largest absolute Gasteiger partial charge is 0.432 e. The Bertz CT molecular complexity index is 695. The lowest BCUT2D eigenvalue weighted by molar-refractivity contribution is -0.385. The summed E-state index contributed by atoms with van der Waals surface area (Å²) in [5, 5.41) is 11.6. The lowest BCUT2D eigenvalue weighted by Crippen LogP contribution is -2.35. The molecular formula is C15H17N5O3. The van der Waals surface area contributed by atoms with E-state index in [0.717, 1.165) is 25.9 Å². The summed E-state index contributed by atoms with van der Waals surface area (Å²) in [7, 11) is 0. The van der Waals surface area contributed by atoms with Gasteiger partial charge in [-0.3, -0.25) is 15.1 Å². The Labute approximate surface area is 133 Å². The van der Waals surface area contributed by atoms with E-state index in [4.69, 9.17) is 4.74 Å². The maximum Gasteiger partial charge on any atom is 0.373 e. The second kappa shape index (κ2) is 6.55. The van der Waals surface area contributed by atoms with Crippen molar-refractivity contribution in [3.8, 4) is 11.6 Å². The maximum atomic E-state index is 11.6. The zero-order valence-corrected chi connectivity index (χ0v) is 12.8. The van der Waals surface area contributed by atoms with Gasteiger partial charge in [0.05, 0.1) is 11.1 Å². The fraction of sp³-hybridized carbons (Fsp3) is 0.400. The van der Waals surface area contributed by atoms with Crippen LogP contribution < -0.4 is 9.64 Å². The van der Waals surface area contributed by atoms with Gasteiger partial charge in [-0.2, -0.15) is 4.98 Å². The Morgan fingerprint density at radius 2 is 2.30 bits per heavy atom. The number of rotatable bonds is 4. The fourth-order valence-corrected chi connectivity index (χ4v) is 2.72. The Morgan fingerprint density at radius 1 is 1.43 bits per heavy atom. The van der Waals surface area contributed by atoms with Crippen molar-refractivity contribution in [2.75, 3.05) is 18.0 Å². The summed E-state index contributed by atoms with van der Waals surface area (Å²) >= 11 is 0. The second-order valence-corrected chi connectivity index (χ2v) is 5.59. The first-order valence-electron chi connectivity index (χ1n) is 7.47. The van der Waals surface area contributed by atoms with Gasteiger partial charge in [-0.25, -0.2) is 4.98 Å². The third-order valence-electron chi connectivity index (χ3n) is 3.76. The molecule has 0 aliphatic carbocycles. The normalized spacial score (nSPS) is 17.8. The highest BCUT2D eigenvalue weighted by Gasteiger charge is 2.30. The number of anilines is 1. The van der Waals surface area contributed by atoms with Crippen LogP contribution in [0.2, 0.25) is 0 Å². The Hall–Kier alpha value is -2.77. The average molecular weight is 315 g/mol. The lowest BCUT2D eigenvalue weighted by atomic mass is 10.0. The van der Waals surface area contributed by atoms with E-state index in [9.17, 15) is 10.1 Å². The van der Waals surface area contributed by atoms with Crippen molar-refractivity contribution >= 4 is 11.5 Å². The van der Waals surface area contributed by atoms with Crippen LogP contribution in [-0.2, 0) is 0 Å².